The van der Waals surface area contributed by atoms with Crippen molar-refractivity contribution in [2.24, 2.45) is 0 Å². The molecule has 0 aromatic rings. The van der Waals surface area contributed by atoms with Crippen LogP contribution in [0.2, 0.25) is 0 Å². The molecule has 69 heavy (non-hydrogen) atoms. The van der Waals surface area contributed by atoms with Crippen molar-refractivity contribution in [2.45, 2.75) is 309 Å². The molecule has 0 aliphatic rings. The second-order valence-electron chi connectivity index (χ2n) is 19.9. The molecule has 0 rings (SSSR count). The maximum absolute atomic E-state index is 12.9. The summed E-state index contributed by atoms with van der Waals surface area (Å²) < 4.78 is 16.8. The Hall–Kier alpha value is -2.89. The first-order valence-corrected chi connectivity index (χ1v) is 29.8. The highest BCUT2D eigenvalue weighted by molar-refractivity contribution is 5.71. The van der Waals surface area contributed by atoms with Crippen molar-refractivity contribution in [1.82, 2.24) is 0 Å². The van der Waals surface area contributed by atoms with Gasteiger partial charge in [-0.05, 0) is 70.6 Å². The zero-order valence-corrected chi connectivity index (χ0v) is 45.8. The van der Waals surface area contributed by atoms with E-state index in [9.17, 15) is 14.4 Å². The van der Waals surface area contributed by atoms with Gasteiger partial charge in [-0.3, -0.25) is 14.4 Å². The van der Waals surface area contributed by atoms with Gasteiger partial charge in [0.25, 0.3) is 0 Å². The molecule has 0 heterocycles. The molecular weight excluding hydrogens is 853 g/mol. The second kappa shape index (κ2) is 57.7. The number of ether oxygens (including phenoxy) is 3. The fourth-order valence-electron chi connectivity index (χ4n) is 8.57. The van der Waals surface area contributed by atoms with Gasteiger partial charge in [0.05, 0.1) is 0 Å². The van der Waals surface area contributed by atoms with Crippen LogP contribution in [0, 0.1) is 0 Å². The standard InChI is InChI=1S/C63H112O6/c1-4-7-10-13-16-19-22-25-27-29-30-31-32-34-35-38-41-44-47-50-53-56-62(65)68-59-60(58-67-61(64)55-52-49-46-43-40-37-24-21-18-15-12-9-6-3)69-63(66)57-54-51-48-45-42-39-36-33-28-26-23-20-17-14-11-8-5-2/h9,12,18,21,26,28,37,40,46,49,60H,4-8,10-11,13-17,19-20,22-25,27,29-36,38-39,41-45,47-48,50-59H2,1-3H3/b12-9-,21-18-,28-26-,40-37-,49-46-. The van der Waals surface area contributed by atoms with Gasteiger partial charge in [0, 0.05) is 19.3 Å². The molecular formula is C63H112O6. The van der Waals surface area contributed by atoms with E-state index in [2.05, 4.69) is 75.5 Å². The first kappa shape index (κ1) is 66.1. The molecule has 0 N–H and O–H groups in total. The fourth-order valence-corrected chi connectivity index (χ4v) is 8.57. The number of esters is 3. The lowest BCUT2D eigenvalue weighted by Crippen LogP contribution is -2.30. The van der Waals surface area contributed by atoms with Crippen LogP contribution >= 0.6 is 0 Å². The van der Waals surface area contributed by atoms with Crippen LogP contribution in [-0.4, -0.2) is 37.2 Å². The van der Waals surface area contributed by atoms with Crippen LogP contribution in [0.15, 0.2) is 60.8 Å². The van der Waals surface area contributed by atoms with Gasteiger partial charge >= 0.3 is 17.9 Å². The van der Waals surface area contributed by atoms with E-state index in [1.807, 2.05) is 6.08 Å². The Morgan fingerprint density at radius 2 is 0.594 bits per heavy atom. The Balaban J connectivity index is 4.35. The first-order chi connectivity index (χ1) is 34.0. The number of hydrogen-bond donors (Lipinski definition) is 0. The number of rotatable bonds is 54. The van der Waals surface area contributed by atoms with Gasteiger partial charge in [0.1, 0.15) is 13.2 Å². The molecule has 1 unspecified atom stereocenters. The minimum absolute atomic E-state index is 0.0950. The van der Waals surface area contributed by atoms with Crippen LogP contribution in [0.3, 0.4) is 0 Å². The lowest BCUT2D eigenvalue weighted by Gasteiger charge is -2.18. The molecule has 6 heteroatoms. The topological polar surface area (TPSA) is 78.9 Å². The van der Waals surface area contributed by atoms with E-state index in [0.29, 0.717) is 19.3 Å². The second-order valence-corrected chi connectivity index (χ2v) is 19.9. The van der Waals surface area contributed by atoms with Crippen molar-refractivity contribution in [3.8, 4) is 0 Å². The molecule has 0 aromatic heterocycles. The van der Waals surface area contributed by atoms with Crippen molar-refractivity contribution in [1.29, 1.82) is 0 Å². The smallest absolute Gasteiger partial charge is 0.306 e. The predicted octanol–water partition coefficient (Wildman–Crippen LogP) is 20.0. The van der Waals surface area contributed by atoms with Crippen molar-refractivity contribution >= 4 is 17.9 Å². The molecule has 0 aliphatic heterocycles. The summed E-state index contributed by atoms with van der Waals surface area (Å²) in [5, 5.41) is 0. The Morgan fingerprint density at radius 1 is 0.304 bits per heavy atom. The minimum Gasteiger partial charge on any atom is -0.462 e. The molecule has 0 saturated carbocycles. The average Bonchev–Trinajstić information content (AvgIpc) is 3.35. The van der Waals surface area contributed by atoms with Gasteiger partial charge in [-0.1, -0.05) is 274 Å². The molecule has 0 spiro atoms. The molecule has 6 nitrogen and oxygen atoms in total. The van der Waals surface area contributed by atoms with Crippen molar-refractivity contribution in [3.63, 3.8) is 0 Å². The van der Waals surface area contributed by atoms with Crippen molar-refractivity contribution in [2.75, 3.05) is 13.2 Å². The fraction of sp³-hybridized carbons (Fsp3) is 0.794. The highest BCUT2D eigenvalue weighted by atomic mass is 16.6. The third kappa shape index (κ3) is 55.9. The normalized spacial score (nSPS) is 12.4. The van der Waals surface area contributed by atoms with Gasteiger partial charge in [0.15, 0.2) is 6.10 Å². The van der Waals surface area contributed by atoms with Gasteiger partial charge in [-0.2, -0.15) is 0 Å². The Bertz CT molecular complexity index is 1250. The summed E-state index contributed by atoms with van der Waals surface area (Å²) in [7, 11) is 0. The van der Waals surface area contributed by atoms with Crippen molar-refractivity contribution < 1.29 is 28.6 Å². The summed E-state index contributed by atoms with van der Waals surface area (Å²) in [5.41, 5.74) is 0. The zero-order chi connectivity index (χ0) is 50.0. The van der Waals surface area contributed by atoms with E-state index >= 15 is 0 Å². The summed E-state index contributed by atoms with van der Waals surface area (Å²) in [6, 6.07) is 0. The molecule has 0 aliphatic carbocycles. The SMILES string of the molecule is CC/C=C\C/C=C\C/C=C\C/C=C\CCC(=O)OCC(COC(=O)CCCCCCCCCCCCCCCCCCCCCCC)OC(=O)CCCCCCCCC/C=C\CCCCCCCC. The molecule has 0 radical (unpaired) electrons. The van der Waals surface area contributed by atoms with E-state index in [-0.39, 0.29) is 37.5 Å². The monoisotopic (exact) mass is 965 g/mol. The largest absolute Gasteiger partial charge is 0.462 e. The molecule has 0 saturated heterocycles. The number of unbranched alkanes of at least 4 members (excludes halogenated alkanes) is 33. The van der Waals surface area contributed by atoms with E-state index < -0.39 is 6.10 Å². The van der Waals surface area contributed by atoms with Crippen molar-refractivity contribution in [3.05, 3.63) is 60.8 Å². The van der Waals surface area contributed by atoms with Crippen LogP contribution in [0.1, 0.15) is 303 Å². The first-order valence-electron chi connectivity index (χ1n) is 29.8. The number of carbonyl (C=O) groups excluding carboxylic acids is 3. The molecule has 0 amide bonds. The van der Waals surface area contributed by atoms with E-state index in [4.69, 9.17) is 14.2 Å². The number of carbonyl (C=O) groups is 3. The number of allylic oxidation sites excluding steroid dienone is 10. The van der Waals surface area contributed by atoms with Gasteiger partial charge < -0.3 is 14.2 Å². The molecule has 1 atom stereocenters. The highest BCUT2D eigenvalue weighted by Crippen LogP contribution is 2.17. The molecule has 0 fully saturated rings. The van der Waals surface area contributed by atoms with Crippen LogP contribution in [-0.2, 0) is 28.6 Å². The van der Waals surface area contributed by atoms with Crippen LogP contribution in [0.25, 0.3) is 0 Å². The van der Waals surface area contributed by atoms with Crippen LogP contribution < -0.4 is 0 Å². The summed E-state index contributed by atoms with van der Waals surface area (Å²) >= 11 is 0. The lowest BCUT2D eigenvalue weighted by atomic mass is 10.0. The predicted molar refractivity (Wildman–Crippen MR) is 298 cm³/mol. The summed E-state index contributed by atoms with van der Waals surface area (Å²) in [6.45, 7) is 6.49. The van der Waals surface area contributed by atoms with Crippen LogP contribution in [0.5, 0.6) is 0 Å². The highest BCUT2D eigenvalue weighted by Gasteiger charge is 2.19. The Kier molecular flexibility index (Phi) is 55.3. The zero-order valence-electron chi connectivity index (χ0n) is 45.8. The lowest BCUT2D eigenvalue weighted by molar-refractivity contribution is -0.166. The van der Waals surface area contributed by atoms with Crippen LogP contribution in [0.4, 0.5) is 0 Å². The molecule has 0 aromatic carbocycles. The minimum atomic E-state index is -0.803. The summed E-state index contributed by atoms with van der Waals surface area (Å²) in [6.07, 6.45) is 72.4. The summed E-state index contributed by atoms with van der Waals surface area (Å²) in [5.74, 6) is -0.971. The third-order valence-corrected chi connectivity index (χ3v) is 13.0. The van der Waals surface area contributed by atoms with Gasteiger partial charge in [0.2, 0.25) is 0 Å². The average molecular weight is 966 g/mol. The maximum Gasteiger partial charge on any atom is 0.306 e. The Labute approximate surface area is 428 Å². The van der Waals surface area contributed by atoms with Gasteiger partial charge in [-0.15, -0.1) is 0 Å². The molecule has 0 bridgehead atoms. The van der Waals surface area contributed by atoms with E-state index in [1.54, 1.807) is 0 Å². The van der Waals surface area contributed by atoms with Gasteiger partial charge in [-0.25, -0.2) is 0 Å². The summed E-state index contributed by atoms with van der Waals surface area (Å²) in [4.78, 5) is 38.1. The molecule has 400 valence electrons. The third-order valence-electron chi connectivity index (χ3n) is 13.0. The number of hydrogen-bond acceptors (Lipinski definition) is 6. The van der Waals surface area contributed by atoms with E-state index in [1.165, 1.54) is 193 Å². The van der Waals surface area contributed by atoms with E-state index in [0.717, 1.165) is 64.2 Å². The Morgan fingerprint density at radius 3 is 0.971 bits per heavy atom. The maximum atomic E-state index is 12.9. The quantitative estimate of drug-likeness (QED) is 0.0262.